The number of likely N-dealkylation sites (tertiary alicyclic amines) is 1. The van der Waals surface area contributed by atoms with Crippen molar-refractivity contribution in [2.45, 2.75) is 32.4 Å². The Balaban J connectivity index is 2.00. The van der Waals surface area contributed by atoms with Gasteiger partial charge in [-0.25, -0.2) is 0 Å². The highest BCUT2D eigenvalue weighted by molar-refractivity contribution is 5.10. The van der Waals surface area contributed by atoms with Gasteiger partial charge in [-0.3, -0.25) is 9.58 Å². The van der Waals surface area contributed by atoms with Gasteiger partial charge in [0.2, 0.25) is 0 Å². The minimum atomic E-state index is 0.365. The Bertz CT molecular complexity index is 331. The summed E-state index contributed by atoms with van der Waals surface area (Å²) < 4.78 is 1.99. The largest absolute Gasteiger partial charge is 0.326 e. The highest BCUT2D eigenvalue weighted by atomic mass is 15.3. The number of nitrogens with two attached hydrogens (primary N) is 1. The normalized spacial score (nSPS) is 22.5. The molecule has 1 aromatic rings. The van der Waals surface area contributed by atoms with Crippen molar-refractivity contribution in [3.05, 3.63) is 17.5 Å². The Labute approximate surface area is 91.1 Å². The van der Waals surface area contributed by atoms with Crippen LogP contribution < -0.4 is 5.73 Å². The van der Waals surface area contributed by atoms with Gasteiger partial charge >= 0.3 is 0 Å². The van der Waals surface area contributed by atoms with Crippen molar-refractivity contribution >= 4 is 0 Å². The smallest absolute Gasteiger partial charge is 0.0625 e. The van der Waals surface area contributed by atoms with Gasteiger partial charge in [-0.1, -0.05) is 6.92 Å². The van der Waals surface area contributed by atoms with Crippen LogP contribution in [-0.2, 0) is 20.0 Å². The molecule has 0 aliphatic carbocycles. The molecule has 4 nitrogen and oxygen atoms in total. The zero-order valence-corrected chi connectivity index (χ0v) is 9.61. The zero-order chi connectivity index (χ0) is 10.8. The van der Waals surface area contributed by atoms with E-state index >= 15 is 0 Å². The van der Waals surface area contributed by atoms with Crippen LogP contribution in [-0.4, -0.2) is 33.8 Å². The van der Waals surface area contributed by atoms with Crippen LogP contribution in [0.1, 0.15) is 24.7 Å². The Morgan fingerprint density at radius 3 is 2.93 bits per heavy atom. The number of hydrogen-bond acceptors (Lipinski definition) is 3. The summed E-state index contributed by atoms with van der Waals surface area (Å²) in [6, 6.07) is 2.56. The molecule has 0 saturated carbocycles. The molecule has 84 valence electrons. The fourth-order valence-electron chi connectivity index (χ4n) is 2.13. The first kappa shape index (κ1) is 10.6. The molecular weight excluding hydrogens is 188 g/mol. The molecule has 1 saturated heterocycles. The van der Waals surface area contributed by atoms with Gasteiger partial charge in [0.1, 0.15) is 0 Å². The van der Waals surface area contributed by atoms with Gasteiger partial charge < -0.3 is 5.73 Å². The standard InChI is InChI=1S/C11H20N4/c1-3-10-6-11(14(2)13-10)8-15-5-4-9(12)7-15/h6,9H,3-5,7-8,12H2,1-2H3. The molecule has 1 aromatic heterocycles. The zero-order valence-electron chi connectivity index (χ0n) is 9.61. The van der Waals surface area contributed by atoms with Crippen LogP contribution in [0.3, 0.4) is 0 Å². The molecule has 0 spiro atoms. The number of aromatic nitrogens is 2. The van der Waals surface area contributed by atoms with E-state index in [4.69, 9.17) is 5.73 Å². The van der Waals surface area contributed by atoms with Crippen LogP contribution in [0.5, 0.6) is 0 Å². The summed E-state index contributed by atoms with van der Waals surface area (Å²) in [5, 5.41) is 4.45. The summed E-state index contributed by atoms with van der Waals surface area (Å²) in [7, 11) is 2.02. The van der Waals surface area contributed by atoms with Crippen LogP contribution in [0.2, 0.25) is 0 Å². The Morgan fingerprint density at radius 2 is 2.40 bits per heavy atom. The molecule has 15 heavy (non-hydrogen) atoms. The minimum absolute atomic E-state index is 0.365. The summed E-state index contributed by atoms with van der Waals surface area (Å²) >= 11 is 0. The highest BCUT2D eigenvalue weighted by Gasteiger charge is 2.20. The van der Waals surface area contributed by atoms with Gasteiger partial charge in [-0.15, -0.1) is 0 Å². The van der Waals surface area contributed by atoms with Crippen molar-refractivity contribution in [1.29, 1.82) is 0 Å². The number of hydrogen-bond donors (Lipinski definition) is 1. The van der Waals surface area contributed by atoms with Gasteiger partial charge in [-0.2, -0.15) is 5.10 Å². The van der Waals surface area contributed by atoms with Gasteiger partial charge in [0, 0.05) is 32.7 Å². The molecule has 1 atom stereocenters. The highest BCUT2D eigenvalue weighted by Crippen LogP contribution is 2.12. The van der Waals surface area contributed by atoms with Crippen molar-refractivity contribution in [3.8, 4) is 0 Å². The molecule has 2 rings (SSSR count). The maximum atomic E-state index is 5.88. The van der Waals surface area contributed by atoms with Gasteiger partial charge in [0.15, 0.2) is 0 Å². The van der Waals surface area contributed by atoms with E-state index in [1.807, 2.05) is 11.7 Å². The van der Waals surface area contributed by atoms with Crippen LogP contribution >= 0.6 is 0 Å². The molecule has 0 radical (unpaired) electrons. The van der Waals surface area contributed by atoms with Crippen molar-refractivity contribution in [1.82, 2.24) is 14.7 Å². The van der Waals surface area contributed by atoms with Crippen molar-refractivity contribution in [3.63, 3.8) is 0 Å². The first-order valence-corrected chi connectivity index (χ1v) is 5.68. The number of rotatable bonds is 3. The lowest BCUT2D eigenvalue weighted by Crippen LogP contribution is -2.26. The van der Waals surface area contributed by atoms with E-state index in [1.165, 1.54) is 11.4 Å². The van der Waals surface area contributed by atoms with Crippen molar-refractivity contribution in [2.75, 3.05) is 13.1 Å². The molecule has 1 unspecified atom stereocenters. The van der Waals surface area contributed by atoms with Gasteiger partial charge in [-0.05, 0) is 18.9 Å². The molecule has 0 bridgehead atoms. The monoisotopic (exact) mass is 208 g/mol. The average Bonchev–Trinajstić information content (AvgIpc) is 2.75. The fraction of sp³-hybridized carbons (Fsp3) is 0.727. The molecule has 2 heterocycles. The Hall–Kier alpha value is -0.870. The fourth-order valence-corrected chi connectivity index (χ4v) is 2.13. The third-order valence-electron chi connectivity index (χ3n) is 3.08. The molecule has 1 aliphatic heterocycles. The Morgan fingerprint density at radius 1 is 1.60 bits per heavy atom. The molecule has 2 N–H and O–H groups in total. The number of nitrogens with zero attached hydrogens (tertiary/aromatic N) is 3. The van der Waals surface area contributed by atoms with E-state index in [2.05, 4.69) is 23.0 Å². The van der Waals surface area contributed by atoms with Crippen molar-refractivity contribution in [2.24, 2.45) is 12.8 Å². The molecular formula is C11H20N4. The second kappa shape index (κ2) is 4.33. The van der Waals surface area contributed by atoms with E-state index in [0.717, 1.165) is 32.5 Å². The van der Waals surface area contributed by atoms with Crippen LogP contribution in [0.4, 0.5) is 0 Å². The van der Waals surface area contributed by atoms with Crippen LogP contribution in [0, 0.1) is 0 Å². The first-order valence-electron chi connectivity index (χ1n) is 5.68. The first-order chi connectivity index (χ1) is 7.19. The van der Waals surface area contributed by atoms with E-state index in [-0.39, 0.29) is 0 Å². The lowest BCUT2D eigenvalue weighted by molar-refractivity contribution is 0.317. The second-order valence-corrected chi connectivity index (χ2v) is 4.39. The Kier molecular flexibility index (Phi) is 3.07. The number of aryl methyl sites for hydroxylation is 2. The summed E-state index contributed by atoms with van der Waals surface area (Å²) in [6.07, 6.45) is 2.13. The predicted molar refractivity (Wildman–Crippen MR) is 60.5 cm³/mol. The molecule has 0 amide bonds. The summed E-state index contributed by atoms with van der Waals surface area (Å²) in [5.74, 6) is 0. The summed E-state index contributed by atoms with van der Waals surface area (Å²) in [5.41, 5.74) is 8.35. The minimum Gasteiger partial charge on any atom is -0.326 e. The predicted octanol–water partition coefficient (Wildman–Crippen LogP) is 0.516. The van der Waals surface area contributed by atoms with E-state index in [0.29, 0.717) is 6.04 Å². The van der Waals surface area contributed by atoms with E-state index in [9.17, 15) is 0 Å². The summed E-state index contributed by atoms with van der Waals surface area (Å²) in [4.78, 5) is 2.40. The molecule has 4 heteroatoms. The lowest BCUT2D eigenvalue weighted by Gasteiger charge is -2.14. The lowest BCUT2D eigenvalue weighted by atomic mass is 10.3. The van der Waals surface area contributed by atoms with Gasteiger partial charge in [0.25, 0.3) is 0 Å². The molecule has 1 fully saturated rings. The quantitative estimate of drug-likeness (QED) is 0.787. The maximum Gasteiger partial charge on any atom is 0.0625 e. The van der Waals surface area contributed by atoms with E-state index < -0.39 is 0 Å². The van der Waals surface area contributed by atoms with Crippen LogP contribution in [0.25, 0.3) is 0 Å². The van der Waals surface area contributed by atoms with E-state index in [1.54, 1.807) is 0 Å². The molecule has 0 aromatic carbocycles. The third kappa shape index (κ3) is 2.38. The molecule has 1 aliphatic rings. The SMILES string of the molecule is CCc1cc(CN2CCC(N)C2)n(C)n1. The van der Waals surface area contributed by atoms with Crippen LogP contribution in [0.15, 0.2) is 6.07 Å². The van der Waals surface area contributed by atoms with Gasteiger partial charge in [0.05, 0.1) is 11.4 Å². The summed E-state index contributed by atoms with van der Waals surface area (Å²) in [6.45, 7) is 5.26. The maximum absolute atomic E-state index is 5.88. The van der Waals surface area contributed by atoms with Crippen molar-refractivity contribution < 1.29 is 0 Å². The average molecular weight is 208 g/mol. The third-order valence-corrected chi connectivity index (χ3v) is 3.08. The topological polar surface area (TPSA) is 47.1 Å². The second-order valence-electron chi connectivity index (χ2n) is 4.39.